The van der Waals surface area contributed by atoms with E-state index in [0.29, 0.717) is 21.7 Å². The molecule has 0 fully saturated rings. The van der Waals surface area contributed by atoms with Crippen LogP contribution in [0.2, 0.25) is 0 Å². The largest absolute Gasteiger partial charge is 0.324 e. The minimum atomic E-state index is -0.218. The molecule has 0 radical (unpaired) electrons. The standard InChI is InChI=1S/C14H14N8O2S2/c23-11(5-25-13-15-7-17-21-13)19-9-3-1-2-4-10(9)20-12(24)6-26-14-16-8-18-22-14/h1-4,7-8H,5-6H2,(H,19,23)(H,20,24)(H,15,17,21)(H,16,18,22). The quantitative estimate of drug-likeness (QED) is 0.423. The second-order valence-corrected chi connectivity index (χ2v) is 6.73. The molecule has 10 nitrogen and oxygen atoms in total. The normalized spacial score (nSPS) is 10.5. The molecule has 2 amide bonds. The number of nitrogens with one attached hydrogen (secondary N) is 4. The van der Waals surface area contributed by atoms with Crippen LogP contribution in [0, 0.1) is 0 Å². The second-order valence-electron chi connectivity index (χ2n) is 4.80. The van der Waals surface area contributed by atoms with Gasteiger partial charge in [-0.15, -0.1) is 0 Å². The fourth-order valence-electron chi connectivity index (χ4n) is 1.87. The van der Waals surface area contributed by atoms with Gasteiger partial charge in [-0.1, -0.05) is 35.7 Å². The van der Waals surface area contributed by atoms with E-state index >= 15 is 0 Å². The Labute approximate surface area is 156 Å². The summed E-state index contributed by atoms with van der Waals surface area (Å²) in [6.45, 7) is 0. The predicted molar refractivity (Wildman–Crippen MR) is 97.9 cm³/mol. The van der Waals surface area contributed by atoms with Crippen molar-refractivity contribution in [1.29, 1.82) is 0 Å². The number of rotatable bonds is 8. The fraction of sp³-hybridized carbons (Fsp3) is 0.143. The van der Waals surface area contributed by atoms with Crippen molar-refractivity contribution in [1.82, 2.24) is 30.4 Å². The van der Waals surface area contributed by atoms with E-state index in [2.05, 4.69) is 41.0 Å². The maximum Gasteiger partial charge on any atom is 0.234 e. The van der Waals surface area contributed by atoms with Gasteiger partial charge < -0.3 is 10.6 Å². The zero-order valence-corrected chi connectivity index (χ0v) is 14.9. The Kier molecular flexibility index (Phi) is 6.22. The Morgan fingerprint density at radius 2 is 1.31 bits per heavy atom. The van der Waals surface area contributed by atoms with Crippen LogP contribution >= 0.6 is 23.5 Å². The number of carbonyl (C=O) groups excluding carboxylic acids is 2. The molecule has 3 aromatic rings. The molecule has 2 aromatic heterocycles. The summed E-state index contributed by atoms with van der Waals surface area (Å²) in [5, 5.41) is 19.5. The molecule has 0 aliphatic carbocycles. The summed E-state index contributed by atoms with van der Waals surface area (Å²) < 4.78 is 0. The number of anilines is 2. The van der Waals surface area contributed by atoms with Gasteiger partial charge in [0.25, 0.3) is 0 Å². The van der Waals surface area contributed by atoms with Gasteiger partial charge >= 0.3 is 0 Å². The van der Waals surface area contributed by atoms with Crippen LogP contribution in [0.3, 0.4) is 0 Å². The number of amides is 2. The number of H-pyrrole nitrogens is 2. The lowest BCUT2D eigenvalue weighted by molar-refractivity contribution is -0.114. The van der Waals surface area contributed by atoms with Gasteiger partial charge in [-0.3, -0.25) is 19.8 Å². The molecule has 3 rings (SSSR count). The summed E-state index contributed by atoms with van der Waals surface area (Å²) >= 11 is 2.47. The van der Waals surface area contributed by atoms with Crippen LogP contribution in [0.5, 0.6) is 0 Å². The van der Waals surface area contributed by atoms with Crippen molar-refractivity contribution in [3.63, 3.8) is 0 Å². The molecule has 0 aliphatic heterocycles. The Bertz CT molecular complexity index is 782. The average molecular weight is 390 g/mol. The van der Waals surface area contributed by atoms with E-state index in [1.807, 2.05) is 0 Å². The van der Waals surface area contributed by atoms with Gasteiger partial charge in [0.05, 0.1) is 22.9 Å². The number of nitrogens with zero attached hydrogens (tertiary/aromatic N) is 4. The van der Waals surface area contributed by atoms with Crippen molar-refractivity contribution < 1.29 is 9.59 Å². The lowest BCUT2D eigenvalue weighted by Gasteiger charge is -2.11. The highest BCUT2D eigenvalue weighted by Crippen LogP contribution is 2.22. The van der Waals surface area contributed by atoms with Gasteiger partial charge in [0, 0.05) is 0 Å². The highest BCUT2D eigenvalue weighted by atomic mass is 32.2. The zero-order chi connectivity index (χ0) is 18.2. The third kappa shape index (κ3) is 5.32. The zero-order valence-electron chi connectivity index (χ0n) is 13.3. The van der Waals surface area contributed by atoms with Gasteiger partial charge in [0.2, 0.25) is 11.8 Å². The molecule has 12 heteroatoms. The van der Waals surface area contributed by atoms with Crippen LogP contribution < -0.4 is 10.6 Å². The van der Waals surface area contributed by atoms with Crippen molar-refractivity contribution in [2.45, 2.75) is 10.3 Å². The van der Waals surface area contributed by atoms with E-state index < -0.39 is 0 Å². The second kappa shape index (κ2) is 9.01. The number of para-hydroxylation sites is 2. The first-order valence-corrected chi connectivity index (χ1v) is 9.33. The molecular weight excluding hydrogens is 376 g/mol. The SMILES string of the molecule is O=C(CSc1ncn[nH]1)Nc1ccccc1NC(=O)CSc1ncn[nH]1. The molecule has 1 aromatic carbocycles. The number of benzene rings is 1. The van der Waals surface area contributed by atoms with Crippen LogP contribution in [0.25, 0.3) is 0 Å². The van der Waals surface area contributed by atoms with Gasteiger partial charge in [0.1, 0.15) is 12.7 Å². The van der Waals surface area contributed by atoms with E-state index in [4.69, 9.17) is 0 Å². The number of hydrogen-bond donors (Lipinski definition) is 4. The lowest BCUT2D eigenvalue weighted by Crippen LogP contribution is -2.19. The van der Waals surface area contributed by atoms with Gasteiger partial charge in [-0.25, -0.2) is 9.97 Å². The van der Waals surface area contributed by atoms with E-state index in [1.165, 1.54) is 36.2 Å². The molecule has 0 saturated heterocycles. The van der Waals surface area contributed by atoms with Gasteiger partial charge in [-0.05, 0) is 12.1 Å². The Morgan fingerprint density at radius 3 is 1.69 bits per heavy atom. The van der Waals surface area contributed by atoms with Crippen molar-refractivity contribution in [3.8, 4) is 0 Å². The van der Waals surface area contributed by atoms with E-state index in [1.54, 1.807) is 24.3 Å². The molecule has 0 bridgehead atoms. The van der Waals surface area contributed by atoms with Crippen molar-refractivity contribution >= 4 is 46.7 Å². The fourth-order valence-corrected chi connectivity index (χ4v) is 3.03. The van der Waals surface area contributed by atoms with Crippen molar-refractivity contribution in [2.75, 3.05) is 22.1 Å². The Balaban J connectivity index is 1.53. The van der Waals surface area contributed by atoms with Gasteiger partial charge in [0.15, 0.2) is 10.3 Å². The van der Waals surface area contributed by atoms with Gasteiger partial charge in [-0.2, -0.15) is 10.2 Å². The van der Waals surface area contributed by atoms with E-state index in [9.17, 15) is 9.59 Å². The molecule has 0 saturated carbocycles. The number of carbonyl (C=O) groups is 2. The maximum absolute atomic E-state index is 12.1. The summed E-state index contributed by atoms with van der Waals surface area (Å²) in [7, 11) is 0. The number of aromatic nitrogens is 6. The minimum absolute atomic E-state index is 0.165. The smallest absolute Gasteiger partial charge is 0.234 e. The van der Waals surface area contributed by atoms with Crippen LogP contribution in [-0.4, -0.2) is 53.7 Å². The maximum atomic E-state index is 12.1. The number of thioether (sulfide) groups is 2. The molecule has 0 aliphatic rings. The van der Waals surface area contributed by atoms with Crippen molar-refractivity contribution in [2.24, 2.45) is 0 Å². The van der Waals surface area contributed by atoms with Crippen LogP contribution in [-0.2, 0) is 9.59 Å². The van der Waals surface area contributed by atoms with E-state index in [0.717, 1.165) is 0 Å². The first-order valence-electron chi connectivity index (χ1n) is 7.36. The Morgan fingerprint density at radius 1 is 0.846 bits per heavy atom. The summed E-state index contributed by atoms with van der Waals surface area (Å²) in [6.07, 6.45) is 2.75. The topological polar surface area (TPSA) is 141 Å². The number of aromatic amines is 2. The summed E-state index contributed by atoms with van der Waals surface area (Å²) in [5.74, 6) is -0.106. The molecular formula is C14H14N8O2S2. The van der Waals surface area contributed by atoms with Crippen LogP contribution in [0.15, 0.2) is 47.2 Å². The van der Waals surface area contributed by atoms with Crippen molar-refractivity contribution in [3.05, 3.63) is 36.9 Å². The first kappa shape index (κ1) is 17.9. The molecule has 0 spiro atoms. The molecule has 26 heavy (non-hydrogen) atoms. The van der Waals surface area contributed by atoms with E-state index in [-0.39, 0.29) is 23.3 Å². The highest BCUT2D eigenvalue weighted by Gasteiger charge is 2.11. The summed E-state index contributed by atoms with van der Waals surface area (Å²) in [4.78, 5) is 32.1. The molecule has 4 N–H and O–H groups in total. The average Bonchev–Trinajstić information content (AvgIpc) is 3.34. The third-order valence-electron chi connectivity index (χ3n) is 2.94. The third-order valence-corrected chi connectivity index (χ3v) is 4.69. The molecule has 0 unspecified atom stereocenters. The predicted octanol–water partition coefficient (Wildman–Crippen LogP) is 1.38. The Hall–Kier alpha value is -2.86. The lowest BCUT2D eigenvalue weighted by atomic mass is 10.2. The minimum Gasteiger partial charge on any atom is -0.324 e. The number of hydrogen-bond acceptors (Lipinski definition) is 8. The molecule has 134 valence electrons. The molecule has 2 heterocycles. The van der Waals surface area contributed by atoms with Crippen LogP contribution in [0.4, 0.5) is 11.4 Å². The monoisotopic (exact) mass is 390 g/mol. The van der Waals surface area contributed by atoms with Crippen LogP contribution in [0.1, 0.15) is 0 Å². The summed E-state index contributed by atoms with van der Waals surface area (Å²) in [5.41, 5.74) is 1.04. The first-order chi connectivity index (χ1) is 12.7. The summed E-state index contributed by atoms with van der Waals surface area (Å²) in [6, 6.07) is 6.99. The molecule has 0 atom stereocenters. The highest BCUT2D eigenvalue weighted by molar-refractivity contribution is 8.00.